The van der Waals surface area contributed by atoms with Gasteiger partial charge in [-0.15, -0.1) is 0 Å². The molecule has 12 nitrogen and oxygen atoms in total. The molecule has 0 heterocycles. The second-order valence-corrected chi connectivity index (χ2v) is 16.5. The van der Waals surface area contributed by atoms with Gasteiger partial charge in [0.25, 0.3) is 0 Å². The normalized spacial score (nSPS) is 11.0. The van der Waals surface area contributed by atoms with Gasteiger partial charge in [-0.3, -0.25) is 0 Å². The van der Waals surface area contributed by atoms with E-state index in [0.29, 0.717) is 71.7 Å². The summed E-state index contributed by atoms with van der Waals surface area (Å²) >= 11 is 0. The summed E-state index contributed by atoms with van der Waals surface area (Å²) in [5.74, 6) is -0.0349. The maximum atomic E-state index is 13.5. The van der Waals surface area contributed by atoms with Crippen LogP contribution in [0.4, 0.5) is 0 Å². The maximum Gasteiger partial charge on any atom is 0.343 e. The zero-order valence-electron chi connectivity index (χ0n) is 40.4. The molecule has 0 aliphatic heterocycles. The van der Waals surface area contributed by atoms with Crippen LogP contribution in [0.15, 0.2) is 145 Å². The molecule has 0 aromatic heterocycles. The van der Waals surface area contributed by atoms with Gasteiger partial charge in [0.15, 0.2) is 0 Å². The van der Waals surface area contributed by atoms with Crippen molar-refractivity contribution in [2.45, 2.75) is 90.9 Å². The van der Waals surface area contributed by atoms with Crippen LogP contribution in [-0.4, -0.2) is 62.7 Å². The number of benzene rings is 5. The van der Waals surface area contributed by atoms with Gasteiger partial charge in [-0.1, -0.05) is 74.9 Å². The average molecular weight is 949 g/mol. The molecule has 12 heteroatoms. The summed E-state index contributed by atoms with van der Waals surface area (Å²) in [4.78, 5) is 49.1. The number of unbranched alkanes of at least 4 members (excludes halogenated alkanes) is 8. The quantitative estimate of drug-likeness (QED) is 0.0109. The van der Waals surface area contributed by atoms with E-state index in [9.17, 15) is 19.2 Å². The highest BCUT2D eigenvalue weighted by Crippen LogP contribution is 2.28. The highest BCUT2D eigenvalue weighted by atomic mass is 16.5. The number of rotatable bonds is 30. The molecule has 5 aromatic rings. The topological polar surface area (TPSA) is 148 Å². The van der Waals surface area contributed by atoms with Crippen molar-refractivity contribution in [1.29, 1.82) is 0 Å². The van der Waals surface area contributed by atoms with Gasteiger partial charge in [-0.05, 0) is 161 Å². The Kier molecular flexibility index (Phi) is 22.9. The number of hydrogen-bond donors (Lipinski definition) is 0. The number of carbonyl (C=O) groups is 4. The molecule has 0 saturated heterocycles. The third-order valence-electron chi connectivity index (χ3n) is 11.0. The third-order valence-corrected chi connectivity index (χ3v) is 11.0. The van der Waals surface area contributed by atoms with Crippen molar-refractivity contribution < 1.29 is 47.6 Å². The summed E-state index contributed by atoms with van der Waals surface area (Å²) < 4.78 is 33.5. The number of ether oxygens (including phenoxy) is 6. The SMILES string of the molecule is C=CC(=O)OCCCCCCOc1ccc(C(=O)Oc2ccc(C)cc2/C=N/N=C/c2cc(-c3ccc(CCCCC)cc3)ccc2OC(=O)c2ccc(OCCCCCCOC(=O)C=C)cc2)cc1. The van der Waals surface area contributed by atoms with Gasteiger partial charge in [0.05, 0.1) is 50.0 Å². The van der Waals surface area contributed by atoms with Crippen LogP contribution in [-0.2, 0) is 25.5 Å². The second-order valence-electron chi connectivity index (χ2n) is 16.5. The van der Waals surface area contributed by atoms with Crippen molar-refractivity contribution in [3.8, 4) is 34.1 Å². The van der Waals surface area contributed by atoms with E-state index >= 15 is 0 Å². The van der Waals surface area contributed by atoms with Gasteiger partial charge in [0, 0.05) is 23.3 Å². The van der Waals surface area contributed by atoms with Crippen LogP contribution in [0.5, 0.6) is 23.0 Å². The molecule has 0 aliphatic rings. The molecule has 5 aromatic carbocycles. The minimum absolute atomic E-state index is 0.297. The molecule has 0 spiro atoms. The van der Waals surface area contributed by atoms with Crippen LogP contribution in [0, 0.1) is 6.92 Å². The molecule has 0 amide bonds. The standard InChI is InChI=1S/C58H64N2O10/c1-5-8-13-18-44-20-22-45(23-21-44)48-28-34-54(70-58(64)47-26-31-52(32-27-47)66-36-15-10-12-17-38-68-56(62)7-3)50(40-48)42-60-59-41-49-39-43(4)19-33-53(49)69-57(63)46-24-29-51(30-25-46)65-35-14-9-11-16-37-67-55(61)6-2/h6-7,19-34,39-42H,2-3,5,8-18,35-38H2,1,4H3/b59-41+,60-42+. The lowest BCUT2D eigenvalue weighted by atomic mass is 9.99. The summed E-state index contributed by atoms with van der Waals surface area (Å²) in [5, 5.41) is 8.69. The van der Waals surface area contributed by atoms with Crippen molar-refractivity contribution >= 4 is 36.3 Å². The highest BCUT2D eigenvalue weighted by Gasteiger charge is 2.15. The van der Waals surface area contributed by atoms with Crippen LogP contribution in [0.1, 0.15) is 121 Å². The van der Waals surface area contributed by atoms with Gasteiger partial charge in [-0.2, -0.15) is 10.2 Å². The molecular formula is C58H64N2O10. The largest absolute Gasteiger partial charge is 0.494 e. The molecule has 0 N–H and O–H groups in total. The van der Waals surface area contributed by atoms with E-state index < -0.39 is 23.9 Å². The predicted molar refractivity (Wildman–Crippen MR) is 275 cm³/mol. The number of aryl methyl sites for hydroxylation is 2. The molecule has 0 radical (unpaired) electrons. The van der Waals surface area contributed by atoms with E-state index in [0.717, 1.165) is 93.1 Å². The van der Waals surface area contributed by atoms with Crippen molar-refractivity contribution in [1.82, 2.24) is 0 Å². The summed E-state index contributed by atoms with van der Waals surface area (Å²) in [6.45, 7) is 12.7. The minimum atomic E-state index is -0.548. The molecule has 0 fully saturated rings. The maximum absolute atomic E-state index is 13.5. The van der Waals surface area contributed by atoms with E-state index in [4.69, 9.17) is 28.4 Å². The van der Waals surface area contributed by atoms with Gasteiger partial charge in [-0.25, -0.2) is 19.2 Å². The summed E-state index contributed by atoms with van der Waals surface area (Å²) in [7, 11) is 0. The Morgan fingerprint density at radius 3 is 1.44 bits per heavy atom. The summed E-state index contributed by atoms with van der Waals surface area (Å²) in [6, 6.07) is 33.0. The molecule has 0 atom stereocenters. The van der Waals surface area contributed by atoms with Crippen molar-refractivity contribution in [2.24, 2.45) is 10.2 Å². The average Bonchev–Trinajstić information content (AvgIpc) is 3.38. The van der Waals surface area contributed by atoms with E-state index in [2.05, 4.69) is 54.5 Å². The van der Waals surface area contributed by atoms with Crippen LogP contribution < -0.4 is 18.9 Å². The highest BCUT2D eigenvalue weighted by molar-refractivity contribution is 5.95. The van der Waals surface area contributed by atoms with Crippen molar-refractivity contribution in [3.05, 3.63) is 168 Å². The molecule has 5 rings (SSSR count). The Bertz CT molecular complexity index is 2530. The smallest absolute Gasteiger partial charge is 0.343 e. The van der Waals surface area contributed by atoms with Gasteiger partial charge >= 0.3 is 23.9 Å². The Hall–Kier alpha value is -7.60. The van der Waals surface area contributed by atoms with Crippen molar-refractivity contribution in [3.63, 3.8) is 0 Å². The Labute approximate surface area is 412 Å². The molecule has 0 saturated carbocycles. The fraction of sp³-hybridized carbons (Fsp3) is 0.310. The second kappa shape index (κ2) is 30.0. The van der Waals surface area contributed by atoms with E-state index in [-0.39, 0.29) is 0 Å². The Morgan fingerprint density at radius 2 is 0.957 bits per heavy atom. The van der Waals surface area contributed by atoms with Gasteiger partial charge in [0.1, 0.15) is 23.0 Å². The lowest BCUT2D eigenvalue weighted by molar-refractivity contribution is -0.138. The van der Waals surface area contributed by atoms with Crippen LogP contribution in [0.3, 0.4) is 0 Å². The minimum Gasteiger partial charge on any atom is -0.494 e. The summed E-state index contributed by atoms with van der Waals surface area (Å²) in [6.07, 6.45) is 16.8. The van der Waals surface area contributed by atoms with Gasteiger partial charge < -0.3 is 28.4 Å². The third kappa shape index (κ3) is 18.8. The first-order valence-corrected chi connectivity index (χ1v) is 24.0. The predicted octanol–water partition coefficient (Wildman–Crippen LogP) is 12.6. The number of nitrogens with zero attached hydrogens (tertiary/aromatic N) is 2. The molecule has 70 heavy (non-hydrogen) atoms. The van der Waals surface area contributed by atoms with E-state index in [1.807, 2.05) is 31.2 Å². The molecule has 366 valence electrons. The van der Waals surface area contributed by atoms with Crippen LogP contribution >= 0.6 is 0 Å². The lowest BCUT2D eigenvalue weighted by Gasteiger charge is -2.11. The fourth-order valence-electron chi connectivity index (χ4n) is 7.07. The zero-order chi connectivity index (χ0) is 49.8. The lowest BCUT2D eigenvalue weighted by Crippen LogP contribution is -2.10. The fourth-order valence-corrected chi connectivity index (χ4v) is 7.07. The Morgan fingerprint density at radius 1 is 0.500 bits per heavy atom. The number of esters is 4. The first kappa shape index (κ1) is 53.4. The number of carbonyl (C=O) groups excluding carboxylic acids is 4. The Balaban J connectivity index is 1.21. The van der Waals surface area contributed by atoms with Crippen molar-refractivity contribution in [2.75, 3.05) is 26.4 Å². The first-order chi connectivity index (χ1) is 34.1. The molecular weight excluding hydrogens is 885 g/mol. The van der Waals surface area contributed by atoms with E-state index in [1.165, 1.54) is 30.8 Å². The monoisotopic (exact) mass is 948 g/mol. The van der Waals surface area contributed by atoms with E-state index in [1.54, 1.807) is 60.7 Å². The van der Waals surface area contributed by atoms with Crippen LogP contribution in [0.25, 0.3) is 11.1 Å². The zero-order valence-corrected chi connectivity index (χ0v) is 40.4. The summed E-state index contributed by atoms with van der Waals surface area (Å²) in [5.41, 5.74) is 5.89. The molecule has 0 aliphatic carbocycles. The first-order valence-electron chi connectivity index (χ1n) is 24.0. The molecule has 0 bridgehead atoms. The number of hydrogen-bond acceptors (Lipinski definition) is 12. The van der Waals surface area contributed by atoms with Crippen LogP contribution in [0.2, 0.25) is 0 Å². The molecule has 0 unspecified atom stereocenters. The van der Waals surface area contributed by atoms with Gasteiger partial charge in [0.2, 0.25) is 0 Å².